The molecule has 1 amide bonds. The van der Waals surface area contributed by atoms with Gasteiger partial charge in [-0.3, -0.25) is 0 Å². The van der Waals surface area contributed by atoms with Crippen LogP contribution in [0.2, 0.25) is 0 Å². The Hall–Kier alpha value is -3.34. The third kappa shape index (κ3) is 7.34. The molecule has 0 N–H and O–H groups in total. The maximum Gasteiger partial charge on any atom is 0.410 e. The first kappa shape index (κ1) is 26.7. The number of anilines is 1. The molecule has 2 atom stereocenters. The summed E-state index contributed by atoms with van der Waals surface area (Å²) in [5.41, 5.74) is 1.10. The summed E-state index contributed by atoms with van der Waals surface area (Å²) < 4.78 is 10.9. The van der Waals surface area contributed by atoms with Crippen molar-refractivity contribution in [3.05, 3.63) is 47.4 Å². The maximum absolute atomic E-state index is 12.4. The molecule has 2 fully saturated rings. The Morgan fingerprint density at radius 1 is 1.19 bits per heavy atom. The lowest BCUT2D eigenvalue weighted by Gasteiger charge is -2.33. The fourth-order valence-electron chi connectivity index (χ4n) is 5.34. The first-order chi connectivity index (χ1) is 17.6. The van der Waals surface area contributed by atoms with Crippen LogP contribution in [0, 0.1) is 36.0 Å². The lowest BCUT2D eigenvalue weighted by molar-refractivity contribution is 0.0174. The fraction of sp³-hybridized carbons (Fsp3) is 0.586. The molecule has 2 heterocycles. The topological polar surface area (TPSA) is 91.6 Å². The molecule has 198 valence electrons. The average Bonchev–Trinajstić information content (AvgIpc) is 3.65. The molecule has 0 spiro atoms. The minimum Gasteiger partial charge on any atom is -0.497 e. The van der Waals surface area contributed by atoms with Gasteiger partial charge in [0.1, 0.15) is 34.8 Å². The zero-order valence-electron chi connectivity index (χ0n) is 22.7. The molecule has 2 unspecified atom stereocenters. The minimum atomic E-state index is -0.455. The van der Waals surface area contributed by atoms with Crippen molar-refractivity contribution in [3.63, 3.8) is 0 Å². The Morgan fingerprint density at radius 3 is 2.51 bits per heavy atom. The molecule has 8 nitrogen and oxygen atoms in total. The molecular weight excluding hydrogens is 466 g/mol. The number of hydrogen-bond donors (Lipinski definition) is 0. The van der Waals surface area contributed by atoms with Gasteiger partial charge in [0.05, 0.1) is 7.11 Å². The number of carbonyl (C=O) groups is 1. The molecule has 0 radical (unpaired) electrons. The number of methoxy groups -OCH3 is 1. The number of benzene rings is 1. The largest absolute Gasteiger partial charge is 0.497 e. The molecule has 37 heavy (non-hydrogen) atoms. The first-order valence-corrected chi connectivity index (χ1v) is 13.3. The van der Waals surface area contributed by atoms with Gasteiger partial charge in [-0.25, -0.2) is 14.8 Å². The number of carbonyl (C=O) groups excluding carboxylic acids is 1. The van der Waals surface area contributed by atoms with Gasteiger partial charge in [0.15, 0.2) is 0 Å². The SMILES string of the molecule is COc1ccc(CN(CCC2CC2C2CCN(C(=O)OC(C)(C)C)CC2)c2cc(C#N)nc(C)n2)cc1. The van der Waals surface area contributed by atoms with Gasteiger partial charge in [-0.1, -0.05) is 12.1 Å². The van der Waals surface area contributed by atoms with Crippen LogP contribution in [0.15, 0.2) is 30.3 Å². The number of amides is 1. The second kappa shape index (κ2) is 11.4. The Morgan fingerprint density at radius 2 is 1.89 bits per heavy atom. The normalized spacial score (nSPS) is 19.7. The van der Waals surface area contributed by atoms with Crippen molar-refractivity contribution in [3.8, 4) is 11.8 Å². The smallest absolute Gasteiger partial charge is 0.410 e. The Labute approximate surface area is 220 Å². The molecule has 1 saturated carbocycles. The van der Waals surface area contributed by atoms with Crippen LogP contribution >= 0.6 is 0 Å². The Kier molecular flexibility index (Phi) is 8.21. The molecule has 8 heteroatoms. The summed E-state index contributed by atoms with van der Waals surface area (Å²) in [6.07, 6.45) is 4.24. The summed E-state index contributed by atoms with van der Waals surface area (Å²) in [5, 5.41) is 9.43. The highest BCUT2D eigenvalue weighted by molar-refractivity contribution is 5.68. The minimum absolute atomic E-state index is 0.190. The number of rotatable bonds is 8. The van der Waals surface area contributed by atoms with Crippen molar-refractivity contribution >= 4 is 11.9 Å². The molecule has 1 saturated heterocycles. The van der Waals surface area contributed by atoms with Crippen LogP contribution in [0.1, 0.15) is 63.5 Å². The molecule has 0 bridgehead atoms. The van der Waals surface area contributed by atoms with E-state index < -0.39 is 5.60 Å². The van der Waals surface area contributed by atoms with E-state index in [2.05, 4.69) is 33.1 Å². The van der Waals surface area contributed by atoms with Gasteiger partial charge in [-0.15, -0.1) is 0 Å². The highest BCUT2D eigenvalue weighted by Gasteiger charge is 2.44. The number of likely N-dealkylation sites (tertiary alicyclic amines) is 1. The zero-order chi connectivity index (χ0) is 26.6. The highest BCUT2D eigenvalue weighted by atomic mass is 16.6. The molecule has 1 aliphatic heterocycles. The van der Waals surface area contributed by atoms with E-state index in [1.807, 2.05) is 44.7 Å². The summed E-state index contributed by atoms with van der Waals surface area (Å²) in [7, 11) is 1.67. The predicted molar refractivity (Wildman–Crippen MR) is 142 cm³/mol. The quantitative estimate of drug-likeness (QED) is 0.478. The van der Waals surface area contributed by atoms with E-state index in [1.165, 1.54) is 6.42 Å². The van der Waals surface area contributed by atoms with Crippen molar-refractivity contribution in [1.29, 1.82) is 5.26 Å². The van der Waals surface area contributed by atoms with Gasteiger partial charge >= 0.3 is 6.09 Å². The van der Waals surface area contributed by atoms with Crippen molar-refractivity contribution in [2.45, 2.75) is 65.5 Å². The van der Waals surface area contributed by atoms with Crippen LogP contribution in [-0.4, -0.2) is 53.3 Å². The van der Waals surface area contributed by atoms with E-state index in [0.717, 1.165) is 61.9 Å². The molecular formula is C29H39N5O3. The van der Waals surface area contributed by atoms with E-state index in [1.54, 1.807) is 13.2 Å². The maximum atomic E-state index is 12.4. The number of piperidine rings is 1. The lowest BCUT2D eigenvalue weighted by atomic mass is 9.90. The number of aryl methyl sites for hydroxylation is 1. The van der Waals surface area contributed by atoms with E-state index in [-0.39, 0.29) is 6.09 Å². The number of nitrogens with zero attached hydrogens (tertiary/aromatic N) is 5. The van der Waals surface area contributed by atoms with Gasteiger partial charge in [0.25, 0.3) is 0 Å². The monoisotopic (exact) mass is 505 g/mol. The Balaban J connectivity index is 1.35. The molecule has 4 rings (SSSR count). The molecule has 2 aliphatic rings. The van der Waals surface area contributed by atoms with Crippen LogP contribution in [0.3, 0.4) is 0 Å². The summed E-state index contributed by atoms with van der Waals surface area (Å²) in [6, 6.07) is 12.0. The molecule has 1 aliphatic carbocycles. The summed E-state index contributed by atoms with van der Waals surface area (Å²) in [5.74, 6) is 4.32. The van der Waals surface area contributed by atoms with E-state index in [4.69, 9.17) is 9.47 Å². The molecule has 1 aromatic heterocycles. The molecule has 1 aromatic carbocycles. The van der Waals surface area contributed by atoms with Gasteiger partial charge in [0.2, 0.25) is 0 Å². The van der Waals surface area contributed by atoms with Crippen molar-refractivity contribution in [2.75, 3.05) is 31.6 Å². The van der Waals surface area contributed by atoms with Gasteiger partial charge in [-0.2, -0.15) is 5.26 Å². The van der Waals surface area contributed by atoms with Gasteiger partial charge in [-0.05, 0) is 88.8 Å². The summed E-state index contributed by atoms with van der Waals surface area (Å²) >= 11 is 0. The van der Waals surface area contributed by atoms with Gasteiger partial charge in [0, 0.05) is 32.2 Å². The van der Waals surface area contributed by atoms with Crippen molar-refractivity contribution < 1.29 is 14.3 Å². The summed E-state index contributed by atoms with van der Waals surface area (Å²) in [6.45, 7) is 10.7. The van der Waals surface area contributed by atoms with E-state index >= 15 is 0 Å². The van der Waals surface area contributed by atoms with E-state index in [0.29, 0.717) is 29.9 Å². The second-order valence-electron chi connectivity index (χ2n) is 11.3. The second-order valence-corrected chi connectivity index (χ2v) is 11.3. The lowest BCUT2D eigenvalue weighted by Crippen LogP contribution is -2.42. The number of ether oxygens (including phenoxy) is 2. The number of hydrogen-bond acceptors (Lipinski definition) is 7. The van der Waals surface area contributed by atoms with Crippen LogP contribution in [0.4, 0.5) is 10.6 Å². The third-order valence-corrected chi connectivity index (χ3v) is 7.34. The standard InChI is InChI=1S/C29H39N5O3/c1-20-31-24(18-30)17-27(32-20)34(19-21-6-8-25(36-5)9-7-21)15-12-23-16-26(23)22-10-13-33(14-11-22)28(35)37-29(2,3)4/h6-9,17,22-23,26H,10-16,19H2,1-5H3. The highest BCUT2D eigenvalue weighted by Crippen LogP contribution is 2.50. The van der Waals surface area contributed by atoms with Crippen molar-refractivity contribution in [2.24, 2.45) is 17.8 Å². The third-order valence-electron chi connectivity index (χ3n) is 7.34. The number of aromatic nitrogens is 2. The first-order valence-electron chi connectivity index (χ1n) is 13.3. The van der Waals surface area contributed by atoms with Gasteiger partial charge < -0.3 is 19.3 Å². The average molecular weight is 506 g/mol. The summed E-state index contributed by atoms with van der Waals surface area (Å²) in [4.78, 5) is 25.4. The van der Waals surface area contributed by atoms with Crippen LogP contribution in [0.25, 0.3) is 0 Å². The Bertz CT molecular complexity index is 1110. The number of nitriles is 1. The van der Waals surface area contributed by atoms with E-state index in [9.17, 15) is 10.1 Å². The van der Waals surface area contributed by atoms with Crippen molar-refractivity contribution in [1.82, 2.24) is 14.9 Å². The predicted octanol–water partition coefficient (Wildman–Crippen LogP) is 5.35. The fourth-order valence-corrected chi connectivity index (χ4v) is 5.34. The molecule has 2 aromatic rings. The van der Waals surface area contributed by atoms with Crippen LogP contribution < -0.4 is 9.64 Å². The van der Waals surface area contributed by atoms with Crippen LogP contribution in [-0.2, 0) is 11.3 Å². The van der Waals surface area contributed by atoms with Crippen LogP contribution in [0.5, 0.6) is 5.75 Å². The zero-order valence-corrected chi connectivity index (χ0v) is 22.7.